The third-order valence-corrected chi connectivity index (χ3v) is 3.25. The summed E-state index contributed by atoms with van der Waals surface area (Å²) in [5, 5.41) is 13.9. The summed E-state index contributed by atoms with van der Waals surface area (Å²) in [6.07, 6.45) is 10.7. The van der Waals surface area contributed by atoms with Gasteiger partial charge in [0.1, 0.15) is 0 Å². The van der Waals surface area contributed by atoms with Crippen molar-refractivity contribution >= 4 is 27.8 Å². The first-order valence-corrected chi connectivity index (χ1v) is 13.5. The maximum absolute atomic E-state index is 4.93. The third kappa shape index (κ3) is 5.73. The van der Waals surface area contributed by atoms with Gasteiger partial charge in [-0.2, -0.15) is 10.9 Å². The van der Waals surface area contributed by atoms with Gasteiger partial charge < -0.3 is 0 Å². The maximum atomic E-state index is 4.93. The Labute approximate surface area is 160 Å². The van der Waals surface area contributed by atoms with Gasteiger partial charge in [-0.25, -0.2) is 12.2 Å². The molecule has 2 aromatic carbocycles. The van der Waals surface area contributed by atoms with Gasteiger partial charge in [-0.1, -0.05) is 25.3 Å². The van der Waals surface area contributed by atoms with Gasteiger partial charge in [0.25, 0.3) is 0 Å². The molecule has 0 radical (unpaired) electrons. The zero-order valence-electron chi connectivity index (χ0n) is 13.3. The van der Waals surface area contributed by atoms with Crippen molar-refractivity contribution in [2.75, 3.05) is 0 Å². The molecule has 122 valence electrons. The van der Waals surface area contributed by atoms with Gasteiger partial charge in [-0.05, 0) is 10.9 Å². The molecular weight excluding hydrogens is 422 g/mol. The number of allylic oxidation sites excluding steroid dienone is 4. The maximum Gasteiger partial charge on any atom is 0.162 e. The van der Waals surface area contributed by atoms with E-state index in [2.05, 4.69) is 53.5 Å². The van der Waals surface area contributed by atoms with Crippen molar-refractivity contribution < 1.29 is 20.8 Å². The van der Waals surface area contributed by atoms with Crippen molar-refractivity contribution in [3.63, 3.8) is 0 Å². The van der Waals surface area contributed by atoms with Crippen LogP contribution in [0.2, 0.25) is 0 Å². The van der Waals surface area contributed by atoms with Crippen LogP contribution in [0, 0.1) is 11.5 Å². The van der Waals surface area contributed by atoms with Crippen molar-refractivity contribution in [3.05, 3.63) is 67.0 Å². The van der Waals surface area contributed by atoms with Crippen molar-refractivity contribution in [3.8, 4) is 5.69 Å². The quantitative estimate of drug-likeness (QED) is 0.510. The molecule has 0 spiro atoms. The molecule has 0 saturated heterocycles. The van der Waals surface area contributed by atoms with Crippen LogP contribution in [0.4, 0.5) is 0 Å². The van der Waals surface area contributed by atoms with E-state index < -0.39 is 20.8 Å². The molecule has 1 heterocycles. The number of aromatic nitrogens is 4. The molecule has 1 aliphatic carbocycles. The van der Waals surface area contributed by atoms with Gasteiger partial charge in [0.2, 0.25) is 0 Å². The standard InChI is InChI=1S/C10H7N4.C7H9.2ClH.Zr/c1-2-4-9-6-10(5-8(9)3-1)14-12-7-11-13-14;1-7(2)5-3-4-6-7;;;/h1-7H;3-5H,1-2H3;2*1H;/q2*-1;;;+4/p-2. The van der Waals surface area contributed by atoms with Gasteiger partial charge in [0.05, 0.1) is 0 Å². The minimum absolute atomic E-state index is 0.208. The summed E-state index contributed by atoms with van der Waals surface area (Å²) in [5.41, 5.74) is 1.16. The molecular formula is C17H16Cl2N4Zr. The first-order valence-electron chi connectivity index (χ1n) is 7.19. The fourth-order valence-corrected chi connectivity index (χ4v) is 2.13. The Morgan fingerprint density at radius 3 is 2.50 bits per heavy atom. The number of fused-ring (bicyclic) bond motifs is 1. The Balaban J connectivity index is 0.000000176. The molecule has 3 aromatic rings. The summed E-state index contributed by atoms with van der Waals surface area (Å²) in [7, 11) is 9.87. The number of rotatable bonds is 1. The largest absolute Gasteiger partial charge is 0.162 e. The number of halogens is 2. The van der Waals surface area contributed by atoms with Crippen LogP contribution >= 0.6 is 17.0 Å². The minimum Gasteiger partial charge on any atom is -0.151 e. The topological polar surface area (TPSA) is 43.6 Å². The number of nitrogens with zero attached hydrogens (tertiary/aromatic N) is 4. The van der Waals surface area contributed by atoms with Crippen LogP contribution in [0.15, 0.2) is 61.0 Å². The van der Waals surface area contributed by atoms with E-state index in [-0.39, 0.29) is 5.41 Å². The predicted molar refractivity (Wildman–Crippen MR) is 94.7 cm³/mol. The first kappa shape index (κ1) is 19.2. The Hall–Kier alpha value is -1.16. The second-order valence-corrected chi connectivity index (χ2v) is 9.26. The average molecular weight is 438 g/mol. The Bertz CT molecular complexity index is 760. The number of hydrogen-bond donors (Lipinski definition) is 0. The monoisotopic (exact) mass is 436 g/mol. The van der Waals surface area contributed by atoms with Crippen LogP contribution in [-0.4, -0.2) is 20.2 Å². The van der Waals surface area contributed by atoms with Gasteiger partial charge in [-0.15, -0.1) is 51.3 Å². The Kier molecular flexibility index (Phi) is 7.48. The summed E-state index contributed by atoms with van der Waals surface area (Å²) in [6, 6.07) is 12.2. The zero-order valence-corrected chi connectivity index (χ0v) is 17.3. The van der Waals surface area contributed by atoms with E-state index in [9.17, 15) is 0 Å². The molecule has 0 amide bonds. The predicted octanol–water partition coefficient (Wildman–Crippen LogP) is 4.85. The van der Waals surface area contributed by atoms with Crippen molar-refractivity contribution in [2.45, 2.75) is 13.8 Å². The summed E-state index contributed by atoms with van der Waals surface area (Å²) >= 11 is -0.826. The van der Waals surface area contributed by atoms with Crippen molar-refractivity contribution in [2.24, 2.45) is 5.41 Å². The first-order chi connectivity index (χ1) is 11.6. The van der Waals surface area contributed by atoms with E-state index in [1.807, 2.05) is 36.4 Å². The fourth-order valence-electron chi connectivity index (χ4n) is 2.13. The van der Waals surface area contributed by atoms with Crippen LogP contribution in [0.3, 0.4) is 0 Å². The van der Waals surface area contributed by atoms with E-state index in [4.69, 9.17) is 17.0 Å². The van der Waals surface area contributed by atoms with E-state index in [0.717, 1.165) is 5.69 Å². The number of benzene rings is 1. The molecule has 0 fully saturated rings. The summed E-state index contributed by atoms with van der Waals surface area (Å²) in [6.45, 7) is 4.26. The number of hydrogen-bond acceptors (Lipinski definition) is 3. The van der Waals surface area contributed by atoms with Crippen LogP contribution in [0.1, 0.15) is 13.8 Å². The van der Waals surface area contributed by atoms with Crippen LogP contribution in [-0.2, 0) is 20.8 Å². The Morgan fingerprint density at radius 2 is 2.00 bits per heavy atom. The van der Waals surface area contributed by atoms with Gasteiger partial charge in [0, 0.05) is 0 Å². The van der Waals surface area contributed by atoms with E-state index in [1.165, 1.54) is 21.9 Å². The third-order valence-electron chi connectivity index (χ3n) is 3.25. The van der Waals surface area contributed by atoms with Gasteiger partial charge in [-0.3, -0.25) is 6.08 Å². The zero-order chi connectivity index (χ0) is 17.4. The molecule has 0 unspecified atom stereocenters. The molecule has 1 aliphatic rings. The second kappa shape index (κ2) is 9.36. The molecule has 0 atom stereocenters. The minimum atomic E-state index is -0.826. The molecule has 24 heavy (non-hydrogen) atoms. The van der Waals surface area contributed by atoms with Crippen LogP contribution in [0.25, 0.3) is 16.5 Å². The van der Waals surface area contributed by atoms with E-state index >= 15 is 0 Å². The molecule has 0 saturated carbocycles. The molecule has 0 aliphatic heterocycles. The summed E-state index contributed by atoms with van der Waals surface area (Å²) in [5.74, 6) is 0. The van der Waals surface area contributed by atoms with Crippen molar-refractivity contribution in [1.29, 1.82) is 0 Å². The SMILES string of the molecule is CC1(C)[C-]=CC=C1.[Cl][Zr+2][Cl].c1ccc2[cH-]c(-n3ncnn3)cc2c1. The average Bonchev–Trinajstić information content (AvgIpc) is 3.27. The van der Waals surface area contributed by atoms with E-state index in [1.54, 1.807) is 0 Å². The van der Waals surface area contributed by atoms with Crippen LogP contribution < -0.4 is 0 Å². The molecule has 7 heteroatoms. The molecule has 0 bridgehead atoms. The number of tetrazole rings is 1. The smallest absolute Gasteiger partial charge is 0.151 e. The van der Waals surface area contributed by atoms with Gasteiger partial charge in [0.15, 0.2) is 6.33 Å². The molecule has 1 aromatic heterocycles. The molecule has 0 N–H and O–H groups in total. The molecule has 4 rings (SSSR count). The van der Waals surface area contributed by atoms with Crippen molar-refractivity contribution in [1.82, 2.24) is 20.2 Å². The fraction of sp³-hybridized carbons (Fsp3) is 0.176. The second-order valence-electron chi connectivity index (χ2n) is 5.53. The Morgan fingerprint density at radius 1 is 1.25 bits per heavy atom. The molecule has 4 nitrogen and oxygen atoms in total. The summed E-state index contributed by atoms with van der Waals surface area (Å²) < 4.78 is 0. The summed E-state index contributed by atoms with van der Waals surface area (Å²) in [4.78, 5) is 1.51. The van der Waals surface area contributed by atoms with Crippen LogP contribution in [0.5, 0.6) is 0 Å². The van der Waals surface area contributed by atoms with Gasteiger partial charge >= 0.3 is 37.9 Å². The normalized spacial score (nSPS) is 13.7. The van der Waals surface area contributed by atoms with E-state index in [0.29, 0.717) is 0 Å².